The maximum Gasteiger partial charge on any atom is 0.163 e. The van der Waals surface area contributed by atoms with E-state index < -0.39 is 0 Å². The number of rotatable bonds is 3. The van der Waals surface area contributed by atoms with Crippen molar-refractivity contribution in [2.45, 2.75) is 31.7 Å². The zero-order valence-corrected chi connectivity index (χ0v) is 10.6. The van der Waals surface area contributed by atoms with Gasteiger partial charge in [0.2, 0.25) is 0 Å². The fraction of sp³-hybridized carbons (Fsp3) is 0.429. The lowest BCUT2D eigenvalue weighted by atomic mass is 10.1. The van der Waals surface area contributed by atoms with Gasteiger partial charge in [-0.05, 0) is 25.0 Å². The molecule has 0 radical (unpaired) electrons. The molecule has 1 aromatic carbocycles. The first kappa shape index (κ1) is 11.3. The van der Waals surface area contributed by atoms with E-state index >= 15 is 0 Å². The summed E-state index contributed by atoms with van der Waals surface area (Å²) in [7, 11) is 1.96. The van der Waals surface area contributed by atoms with Crippen molar-refractivity contribution in [2.75, 3.05) is 5.32 Å². The molecular weight excluding hydrogens is 224 g/mol. The molecule has 0 saturated heterocycles. The number of benzene rings is 1. The minimum Gasteiger partial charge on any atom is -0.382 e. The first-order valence-corrected chi connectivity index (χ1v) is 6.54. The monoisotopic (exact) mass is 242 g/mol. The average Bonchev–Trinajstić information content (AvgIpc) is 3.01. The number of anilines is 1. The molecule has 1 aliphatic rings. The number of aromatic nitrogens is 3. The molecular formula is C14H18N4. The van der Waals surface area contributed by atoms with Crippen LogP contribution in [0.5, 0.6) is 0 Å². The summed E-state index contributed by atoms with van der Waals surface area (Å²) in [4.78, 5) is 0. The highest BCUT2D eigenvalue weighted by atomic mass is 15.2. The number of nitrogens with zero attached hydrogens (tertiary/aromatic N) is 3. The van der Waals surface area contributed by atoms with E-state index in [2.05, 4.69) is 39.8 Å². The Kier molecular flexibility index (Phi) is 3.00. The van der Waals surface area contributed by atoms with Crippen LogP contribution in [0.4, 0.5) is 5.69 Å². The van der Waals surface area contributed by atoms with Crippen LogP contribution in [-0.2, 0) is 7.05 Å². The molecule has 4 nitrogen and oxygen atoms in total. The predicted molar refractivity (Wildman–Crippen MR) is 72.3 cm³/mol. The summed E-state index contributed by atoms with van der Waals surface area (Å²) in [5.74, 6) is 0.907. The van der Waals surface area contributed by atoms with Crippen LogP contribution in [0.3, 0.4) is 0 Å². The molecule has 4 heteroatoms. The molecule has 0 aliphatic heterocycles. The molecule has 1 aliphatic carbocycles. The van der Waals surface area contributed by atoms with Gasteiger partial charge < -0.3 is 9.88 Å². The third-order valence-electron chi connectivity index (χ3n) is 3.56. The van der Waals surface area contributed by atoms with E-state index in [1.54, 1.807) is 6.33 Å². The van der Waals surface area contributed by atoms with E-state index in [4.69, 9.17) is 0 Å². The second-order valence-electron chi connectivity index (χ2n) is 4.97. The van der Waals surface area contributed by atoms with Gasteiger partial charge >= 0.3 is 0 Å². The molecule has 3 rings (SSSR count). The molecule has 2 aromatic rings. The van der Waals surface area contributed by atoms with Crippen molar-refractivity contribution < 1.29 is 0 Å². The highest BCUT2D eigenvalue weighted by Crippen LogP contribution is 2.25. The van der Waals surface area contributed by atoms with Crippen LogP contribution in [0.2, 0.25) is 0 Å². The van der Waals surface area contributed by atoms with Crippen LogP contribution in [-0.4, -0.2) is 20.8 Å². The fourth-order valence-corrected chi connectivity index (χ4v) is 2.60. The summed E-state index contributed by atoms with van der Waals surface area (Å²) in [6, 6.07) is 9.06. The van der Waals surface area contributed by atoms with Gasteiger partial charge in [-0.1, -0.05) is 25.0 Å². The summed E-state index contributed by atoms with van der Waals surface area (Å²) in [6.45, 7) is 0. The molecule has 0 spiro atoms. The Morgan fingerprint density at radius 2 is 2.11 bits per heavy atom. The van der Waals surface area contributed by atoms with Gasteiger partial charge in [0.25, 0.3) is 0 Å². The van der Waals surface area contributed by atoms with Gasteiger partial charge in [-0.25, -0.2) is 0 Å². The molecule has 1 saturated carbocycles. The standard InChI is InChI=1S/C14H18N4/c1-18-10-15-17-14(18)11-5-4-8-13(9-11)16-12-6-2-3-7-12/h4-5,8-10,12,16H,2-3,6-7H2,1H3. The lowest BCUT2D eigenvalue weighted by Crippen LogP contribution is -2.14. The highest BCUT2D eigenvalue weighted by molar-refractivity contribution is 5.62. The normalized spacial score (nSPS) is 16.1. The minimum atomic E-state index is 0.639. The van der Waals surface area contributed by atoms with Crippen molar-refractivity contribution in [3.05, 3.63) is 30.6 Å². The molecule has 0 amide bonds. The summed E-state index contributed by atoms with van der Waals surface area (Å²) < 4.78 is 1.94. The van der Waals surface area contributed by atoms with Crippen molar-refractivity contribution in [1.82, 2.24) is 14.8 Å². The van der Waals surface area contributed by atoms with E-state index in [1.165, 1.54) is 31.4 Å². The Hall–Kier alpha value is -1.84. The van der Waals surface area contributed by atoms with Gasteiger partial charge in [-0.2, -0.15) is 0 Å². The third-order valence-corrected chi connectivity index (χ3v) is 3.56. The summed E-state index contributed by atoms with van der Waals surface area (Å²) in [6.07, 6.45) is 7.00. The maximum atomic E-state index is 4.14. The largest absolute Gasteiger partial charge is 0.382 e. The quantitative estimate of drug-likeness (QED) is 0.900. The van der Waals surface area contributed by atoms with E-state index in [1.807, 2.05) is 11.6 Å². The molecule has 1 N–H and O–H groups in total. The van der Waals surface area contributed by atoms with Crippen molar-refractivity contribution in [3.63, 3.8) is 0 Å². The Bertz CT molecular complexity index is 526. The van der Waals surface area contributed by atoms with Crippen LogP contribution in [0.1, 0.15) is 25.7 Å². The first-order chi connectivity index (χ1) is 8.83. The first-order valence-electron chi connectivity index (χ1n) is 6.54. The Morgan fingerprint density at radius 1 is 1.28 bits per heavy atom. The molecule has 0 atom stereocenters. The Morgan fingerprint density at radius 3 is 2.83 bits per heavy atom. The molecule has 94 valence electrons. The lowest BCUT2D eigenvalue weighted by Gasteiger charge is -2.14. The van der Waals surface area contributed by atoms with Crippen molar-refractivity contribution in [1.29, 1.82) is 0 Å². The number of aryl methyl sites for hydroxylation is 1. The van der Waals surface area contributed by atoms with Crippen LogP contribution < -0.4 is 5.32 Å². The van der Waals surface area contributed by atoms with Crippen LogP contribution in [0.15, 0.2) is 30.6 Å². The van der Waals surface area contributed by atoms with Crippen LogP contribution in [0, 0.1) is 0 Å². The molecule has 18 heavy (non-hydrogen) atoms. The van der Waals surface area contributed by atoms with Gasteiger partial charge in [0.05, 0.1) is 0 Å². The van der Waals surface area contributed by atoms with E-state index in [-0.39, 0.29) is 0 Å². The highest BCUT2D eigenvalue weighted by Gasteiger charge is 2.14. The number of hydrogen-bond donors (Lipinski definition) is 1. The Balaban J connectivity index is 1.82. The second kappa shape index (κ2) is 4.80. The lowest BCUT2D eigenvalue weighted by molar-refractivity contribution is 0.755. The van der Waals surface area contributed by atoms with E-state index in [9.17, 15) is 0 Å². The van der Waals surface area contributed by atoms with Gasteiger partial charge in [0.15, 0.2) is 5.82 Å². The van der Waals surface area contributed by atoms with Crippen molar-refractivity contribution >= 4 is 5.69 Å². The smallest absolute Gasteiger partial charge is 0.163 e. The average molecular weight is 242 g/mol. The predicted octanol–water partition coefficient (Wildman–Crippen LogP) is 2.84. The summed E-state index contributed by atoms with van der Waals surface area (Å²) >= 11 is 0. The molecule has 0 bridgehead atoms. The molecule has 1 fully saturated rings. The number of hydrogen-bond acceptors (Lipinski definition) is 3. The molecule has 1 heterocycles. The van der Waals surface area contributed by atoms with Gasteiger partial charge in [-0.3, -0.25) is 0 Å². The van der Waals surface area contributed by atoms with Gasteiger partial charge in [0, 0.05) is 24.3 Å². The molecule has 1 aromatic heterocycles. The van der Waals surface area contributed by atoms with Gasteiger partial charge in [-0.15, -0.1) is 10.2 Å². The van der Waals surface area contributed by atoms with Gasteiger partial charge in [0.1, 0.15) is 6.33 Å². The fourth-order valence-electron chi connectivity index (χ4n) is 2.60. The number of nitrogens with one attached hydrogen (secondary N) is 1. The van der Waals surface area contributed by atoms with Crippen LogP contribution >= 0.6 is 0 Å². The zero-order valence-electron chi connectivity index (χ0n) is 10.6. The SMILES string of the molecule is Cn1cnnc1-c1cccc(NC2CCCC2)c1. The van der Waals surface area contributed by atoms with Crippen LogP contribution in [0.25, 0.3) is 11.4 Å². The zero-order chi connectivity index (χ0) is 12.4. The van der Waals surface area contributed by atoms with E-state index in [0.717, 1.165) is 11.4 Å². The van der Waals surface area contributed by atoms with Crippen molar-refractivity contribution in [3.8, 4) is 11.4 Å². The molecule has 0 unspecified atom stereocenters. The minimum absolute atomic E-state index is 0.639. The summed E-state index contributed by atoms with van der Waals surface area (Å²) in [5.41, 5.74) is 2.29. The third kappa shape index (κ3) is 2.23. The second-order valence-corrected chi connectivity index (χ2v) is 4.97. The summed E-state index contributed by atoms with van der Waals surface area (Å²) in [5, 5.41) is 11.7. The van der Waals surface area contributed by atoms with E-state index in [0.29, 0.717) is 6.04 Å². The topological polar surface area (TPSA) is 42.7 Å². The van der Waals surface area contributed by atoms with Crippen molar-refractivity contribution in [2.24, 2.45) is 7.05 Å². The Labute approximate surface area is 107 Å². The maximum absolute atomic E-state index is 4.14.